The van der Waals surface area contributed by atoms with Crippen molar-refractivity contribution in [2.45, 2.75) is 12.5 Å². The SMILES string of the molecule is NC(c1ccc2[nH]ncc2c1)C(F)F. The average molecular weight is 197 g/mol. The van der Waals surface area contributed by atoms with Crippen LogP contribution in [-0.4, -0.2) is 16.6 Å². The summed E-state index contributed by atoms with van der Waals surface area (Å²) in [5.41, 5.74) is 6.56. The largest absolute Gasteiger partial charge is 0.319 e. The lowest BCUT2D eigenvalue weighted by atomic mass is 10.1. The van der Waals surface area contributed by atoms with Gasteiger partial charge >= 0.3 is 0 Å². The molecule has 0 spiro atoms. The molecule has 1 aromatic carbocycles. The summed E-state index contributed by atoms with van der Waals surface area (Å²) in [6, 6.07) is 3.67. The standard InChI is InChI=1S/C9H9F2N3/c10-9(11)8(12)5-1-2-7-6(3-5)4-13-14-7/h1-4,8-9H,12H2,(H,13,14). The van der Waals surface area contributed by atoms with Gasteiger partial charge in [-0.15, -0.1) is 0 Å². The molecule has 0 aliphatic carbocycles. The summed E-state index contributed by atoms with van der Waals surface area (Å²) in [5.74, 6) is 0. The zero-order valence-corrected chi connectivity index (χ0v) is 7.24. The molecule has 0 bridgehead atoms. The normalized spacial score (nSPS) is 13.7. The molecule has 0 fully saturated rings. The molecule has 1 atom stereocenters. The van der Waals surface area contributed by atoms with Crippen LogP contribution in [0.25, 0.3) is 10.9 Å². The second-order valence-corrected chi connectivity index (χ2v) is 3.08. The van der Waals surface area contributed by atoms with Gasteiger partial charge in [-0.05, 0) is 17.7 Å². The van der Waals surface area contributed by atoms with E-state index in [0.717, 1.165) is 10.9 Å². The van der Waals surface area contributed by atoms with Crippen molar-refractivity contribution in [1.29, 1.82) is 0 Å². The topological polar surface area (TPSA) is 54.7 Å². The fraction of sp³-hybridized carbons (Fsp3) is 0.222. The van der Waals surface area contributed by atoms with Crippen molar-refractivity contribution in [1.82, 2.24) is 10.2 Å². The highest BCUT2D eigenvalue weighted by atomic mass is 19.3. The highest BCUT2D eigenvalue weighted by Gasteiger charge is 2.17. The van der Waals surface area contributed by atoms with Crippen molar-refractivity contribution < 1.29 is 8.78 Å². The van der Waals surface area contributed by atoms with E-state index in [2.05, 4.69) is 10.2 Å². The van der Waals surface area contributed by atoms with Crippen molar-refractivity contribution in [3.8, 4) is 0 Å². The quantitative estimate of drug-likeness (QED) is 0.771. The Hall–Kier alpha value is -1.49. The van der Waals surface area contributed by atoms with Gasteiger partial charge in [-0.2, -0.15) is 5.10 Å². The Morgan fingerprint density at radius 2 is 2.14 bits per heavy atom. The van der Waals surface area contributed by atoms with Gasteiger partial charge in [-0.3, -0.25) is 5.10 Å². The van der Waals surface area contributed by atoms with Gasteiger partial charge in [0.25, 0.3) is 6.43 Å². The Morgan fingerprint density at radius 1 is 1.36 bits per heavy atom. The van der Waals surface area contributed by atoms with Crippen molar-refractivity contribution in [2.24, 2.45) is 5.73 Å². The number of rotatable bonds is 2. The zero-order chi connectivity index (χ0) is 10.1. The number of hydrogen-bond acceptors (Lipinski definition) is 2. The third-order valence-corrected chi connectivity index (χ3v) is 2.12. The number of nitrogens with one attached hydrogen (secondary N) is 1. The van der Waals surface area contributed by atoms with Gasteiger partial charge in [-0.25, -0.2) is 8.78 Å². The molecular weight excluding hydrogens is 188 g/mol. The Morgan fingerprint density at radius 3 is 2.86 bits per heavy atom. The number of aromatic amines is 1. The molecule has 1 aromatic heterocycles. The number of fused-ring (bicyclic) bond motifs is 1. The Labute approximate surface area is 78.9 Å². The molecule has 5 heteroatoms. The maximum absolute atomic E-state index is 12.3. The zero-order valence-electron chi connectivity index (χ0n) is 7.24. The first-order valence-corrected chi connectivity index (χ1v) is 4.15. The minimum Gasteiger partial charge on any atom is -0.319 e. The number of aromatic nitrogens is 2. The monoisotopic (exact) mass is 197 g/mol. The van der Waals surface area contributed by atoms with Gasteiger partial charge in [0.1, 0.15) is 0 Å². The lowest BCUT2D eigenvalue weighted by Gasteiger charge is -2.10. The van der Waals surface area contributed by atoms with E-state index in [-0.39, 0.29) is 0 Å². The molecule has 0 saturated carbocycles. The average Bonchev–Trinajstić information content (AvgIpc) is 2.62. The molecule has 0 radical (unpaired) electrons. The third-order valence-electron chi connectivity index (χ3n) is 2.12. The van der Waals surface area contributed by atoms with Gasteiger partial charge in [0.15, 0.2) is 0 Å². The van der Waals surface area contributed by atoms with Gasteiger partial charge in [-0.1, -0.05) is 6.07 Å². The molecule has 0 saturated heterocycles. The lowest BCUT2D eigenvalue weighted by Crippen LogP contribution is -2.18. The number of halogens is 2. The Kier molecular flexibility index (Phi) is 2.17. The van der Waals surface area contributed by atoms with Crippen LogP contribution in [0.5, 0.6) is 0 Å². The summed E-state index contributed by atoms with van der Waals surface area (Å²) in [4.78, 5) is 0. The molecule has 0 aliphatic rings. The van der Waals surface area contributed by atoms with Gasteiger partial charge in [0.05, 0.1) is 17.8 Å². The number of benzene rings is 1. The van der Waals surface area contributed by atoms with Crippen molar-refractivity contribution >= 4 is 10.9 Å². The van der Waals surface area contributed by atoms with Crippen molar-refractivity contribution in [2.75, 3.05) is 0 Å². The maximum Gasteiger partial charge on any atom is 0.257 e. The summed E-state index contributed by atoms with van der Waals surface area (Å²) in [5, 5.41) is 7.32. The molecule has 14 heavy (non-hydrogen) atoms. The van der Waals surface area contributed by atoms with Gasteiger partial charge in [0.2, 0.25) is 0 Å². The van der Waals surface area contributed by atoms with E-state index in [0.29, 0.717) is 5.56 Å². The van der Waals surface area contributed by atoms with E-state index in [1.54, 1.807) is 24.4 Å². The number of H-pyrrole nitrogens is 1. The molecule has 1 unspecified atom stereocenters. The van der Waals surface area contributed by atoms with E-state index in [1.165, 1.54) is 0 Å². The molecule has 3 nitrogen and oxygen atoms in total. The highest BCUT2D eigenvalue weighted by Crippen LogP contribution is 2.21. The summed E-state index contributed by atoms with van der Waals surface area (Å²) >= 11 is 0. The third kappa shape index (κ3) is 1.46. The van der Waals surface area contributed by atoms with E-state index in [4.69, 9.17) is 5.73 Å². The summed E-state index contributed by atoms with van der Waals surface area (Å²) < 4.78 is 24.6. The molecular formula is C9H9F2N3. The van der Waals surface area contributed by atoms with Crippen LogP contribution < -0.4 is 5.73 Å². The van der Waals surface area contributed by atoms with E-state index in [1.807, 2.05) is 0 Å². The molecule has 1 heterocycles. The summed E-state index contributed by atoms with van der Waals surface area (Å²) in [7, 11) is 0. The molecule has 2 aromatic rings. The van der Waals surface area contributed by atoms with Crippen LogP contribution in [-0.2, 0) is 0 Å². The van der Waals surface area contributed by atoms with Crippen LogP contribution in [0.4, 0.5) is 8.78 Å². The second-order valence-electron chi connectivity index (χ2n) is 3.08. The van der Waals surface area contributed by atoms with E-state index < -0.39 is 12.5 Å². The predicted octanol–water partition coefficient (Wildman–Crippen LogP) is 1.83. The maximum atomic E-state index is 12.3. The smallest absolute Gasteiger partial charge is 0.257 e. The molecule has 0 aliphatic heterocycles. The van der Waals surface area contributed by atoms with Crippen LogP contribution in [0, 0.1) is 0 Å². The van der Waals surface area contributed by atoms with E-state index >= 15 is 0 Å². The van der Waals surface area contributed by atoms with Crippen molar-refractivity contribution in [3.05, 3.63) is 30.0 Å². The van der Waals surface area contributed by atoms with Crippen molar-refractivity contribution in [3.63, 3.8) is 0 Å². The van der Waals surface area contributed by atoms with Crippen LogP contribution in [0.15, 0.2) is 24.4 Å². The first kappa shape index (κ1) is 9.08. The molecule has 74 valence electrons. The molecule has 3 N–H and O–H groups in total. The predicted molar refractivity (Wildman–Crippen MR) is 49.0 cm³/mol. The summed E-state index contributed by atoms with van der Waals surface area (Å²) in [6.45, 7) is 0. The summed E-state index contributed by atoms with van der Waals surface area (Å²) in [6.07, 6.45) is -0.962. The van der Waals surface area contributed by atoms with E-state index in [9.17, 15) is 8.78 Å². The fourth-order valence-electron chi connectivity index (χ4n) is 1.31. The Bertz CT molecular complexity index is 438. The first-order chi connectivity index (χ1) is 6.68. The van der Waals surface area contributed by atoms with Crippen LogP contribution >= 0.6 is 0 Å². The lowest BCUT2D eigenvalue weighted by molar-refractivity contribution is 0.116. The van der Waals surface area contributed by atoms with Crippen LogP contribution in [0.2, 0.25) is 0 Å². The van der Waals surface area contributed by atoms with Gasteiger partial charge in [0, 0.05) is 5.39 Å². The molecule has 0 amide bonds. The minimum atomic E-state index is -2.54. The van der Waals surface area contributed by atoms with Crippen LogP contribution in [0.3, 0.4) is 0 Å². The highest BCUT2D eigenvalue weighted by molar-refractivity contribution is 5.78. The van der Waals surface area contributed by atoms with Gasteiger partial charge < -0.3 is 5.73 Å². The number of nitrogens with zero attached hydrogens (tertiary/aromatic N) is 1. The first-order valence-electron chi connectivity index (χ1n) is 4.15. The fourth-order valence-corrected chi connectivity index (χ4v) is 1.31. The minimum absolute atomic E-state index is 0.425. The number of nitrogens with two attached hydrogens (primary N) is 1. The Balaban J connectivity index is 2.43. The molecule has 2 rings (SSSR count). The number of alkyl halides is 2. The van der Waals surface area contributed by atoms with Crippen LogP contribution in [0.1, 0.15) is 11.6 Å². The second kappa shape index (κ2) is 3.34. The number of hydrogen-bond donors (Lipinski definition) is 2.